The molecule has 1 aromatic carbocycles. The summed E-state index contributed by atoms with van der Waals surface area (Å²) in [7, 11) is 1.98. The van der Waals surface area contributed by atoms with Crippen LogP contribution in [0.25, 0.3) is 11.3 Å². The van der Waals surface area contributed by atoms with E-state index < -0.39 is 0 Å². The molecule has 2 fully saturated rings. The number of pyridine rings is 1. The first-order valence-electron chi connectivity index (χ1n) is 14.3. The van der Waals surface area contributed by atoms with E-state index in [9.17, 15) is 4.79 Å². The second-order valence-electron chi connectivity index (χ2n) is 11.4. The largest absolute Gasteiger partial charge is 0.384 e. The summed E-state index contributed by atoms with van der Waals surface area (Å²) in [5.41, 5.74) is 6.84. The second-order valence-corrected chi connectivity index (χ2v) is 12.2. The molecule has 212 valence electrons. The number of thioether (sulfide) groups is 1. The predicted molar refractivity (Wildman–Crippen MR) is 158 cm³/mol. The van der Waals surface area contributed by atoms with Gasteiger partial charge < -0.3 is 25.3 Å². The minimum absolute atomic E-state index is 0.0157. The van der Waals surface area contributed by atoms with Crippen molar-refractivity contribution in [3.05, 3.63) is 52.7 Å². The highest BCUT2D eigenvalue weighted by Crippen LogP contribution is 2.48. The normalized spacial score (nSPS) is 21.6. The highest BCUT2D eigenvalue weighted by atomic mass is 32.2. The molecule has 1 amide bonds. The van der Waals surface area contributed by atoms with E-state index in [4.69, 9.17) is 9.72 Å². The summed E-state index contributed by atoms with van der Waals surface area (Å²) in [6, 6.07) is 4.50. The molecule has 0 radical (unpaired) electrons. The second kappa shape index (κ2) is 11.1. The van der Waals surface area contributed by atoms with Gasteiger partial charge in [0.05, 0.1) is 35.6 Å². The SMILES string of the molecule is CCNc1c(CC2NCCCC2C)c(-c2ncccc2C2(Cc3nncn3C)COC2)c2c(c1SC)CNC2=O. The number of rotatable bonds is 9. The Hall–Kier alpha value is -2.95. The van der Waals surface area contributed by atoms with Gasteiger partial charge in [0.2, 0.25) is 0 Å². The van der Waals surface area contributed by atoms with Crippen LogP contribution >= 0.6 is 11.8 Å². The fourth-order valence-electron chi connectivity index (χ4n) is 6.67. The van der Waals surface area contributed by atoms with Crippen molar-refractivity contribution in [3.63, 3.8) is 0 Å². The fraction of sp³-hybridized carbons (Fsp3) is 0.533. The molecule has 2 saturated heterocycles. The zero-order valence-corrected chi connectivity index (χ0v) is 24.7. The van der Waals surface area contributed by atoms with E-state index in [1.807, 2.05) is 23.9 Å². The maximum atomic E-state index is 13.6. The quantitative estimate of drug-likeness (QED) is 0.340. The van der Waals surface area contributed by atoms with E-state index in [1.54, 1.807) is 18.1 Å². The van der Waals surface area contributed by atoms with Crippen molar-refractivity contribution in [1.82, 2.24) is 30.4 Å². The maximum absolute atomic E-state index is 13.6. The first-order chi connectivity index (χ1) is 19.5. The molecule has 3 aliphatic rings. The first kappa shape index (κ1) is 27.2. The van der Waals surface area contributed by atoms with Crippen molar-refractivity contribution in [2.24, 2.45) is 13.0 Å². The van der Waals surface area contributed by atoms with E-state index in [-0.39, 0.29) is 11.3 Å². The molecule has 3 N–H and O–H groups in total. The van der Waals surface area contributed by atoms with E-state index in [0.717, 1.165) is 63.9 Å². The lowest BCUT2D eigenvalue weighted by Crippen LogP contribution is -2.49. The zero-order chi connectivity index (χ0) is 27.9. The summed E-state index contributed by atoms with van der Waals surface area (Å²) in [6.45, 7) is 7.98. The number of fused-ring (bicyclic) bond motifs is 1. The number of aromatic nitrogens is 4. The number of carbonyl (C=O) groups is 1. The summed E-state index contributed by atoms with van der Waals surface area (Å²) in [4.78, 5) is 19.8. The molecule has 0 saturated carbocycles. The fourth-order valence-corrected chi connectivity index (χ4v) is 7.49. The number of hydrogen-bond acceptors (Lipinski definition) is 8. The number of amides is 1. The highest BCUT2D eigenvalue weighted by Gasteiger charge is 2.45. The Labute approximate surface area is 240 Å². The average molecular weight is 562 g/mol. The van der Waals surface area contributed by atoms with Gasteiger partial charge in [0.25, 0.3) is 5.91 Å². The molecule has 6 rings (SSSR count). The van der Waals surface area contributed by atoms with Crippen LogP contribution in [0.4, 0.5) is 5.69 Å². The smallest absolute Gasteiger partial charge is 0.252 e. The lowest BCUT2D eigenvalue weighted by atomic mass is 9.72. The molecular formula is C30H39N7O2S. The summed E-state index contributed by atoms with van der Waals surface area (Å²) in [5.74, 6) is 1.44. The Morgan fingerprint density at radius 2 is 2.15 bits per heavy atom. The van der Waals surface area contributed by atoms with E-state index >= 15 is 0 Å². The molecule has 2 aromatic heterocycles. The Morgan fingerprint density at radius 1 is 1.30 bits per heavy atom. The molecule has 2 atom stereocenters. The van der Waals surface area contributed by atoms with E-state index in [0.29, 0.717) is 38.1 Å². The number of hydrogen-bond donors (Lipinski definition) is 3. The summed E-state index contributed by atoms with van der Waals surface area (Å²) < 4.78 is 7.83. The topological polar surface area (TPSA) is 106 Å². The molecule has 0 aliphatic carbocycles. The number of carbonyl (C=O) groups excluding carboxylic acids is 1. The Bertz CT molecular complexity index is 1420. The van der Waals surface area contributed by atoms with Crippen molar-refractivity contribution in [2.75, 3.05) is 37.9 Å². The van der Waals surface area contributed by atoms with Gasteiger partial charge in [0.1, 0.15) is 12.2 Å². The third-order valence-corrected chi connectivity index (χ3v) is 9.75. The molecule has 9 nitrogen and oxygen atoms in total. The first-order valence-corrected chi connectivity index (χ1v) is 15.6. The van der Waals surface area contributed by atoms with Crippen LogP contribution in [-0.2, 0) is 36.6 Å². The van der Waals surface area contributed by atoms with Crippen LogP contribution in [0.1, 0.15) is 59.6 Å². The van der Waals surface area contributed by atoms with Crippen LogP contribution in [0.3, 0.4) is 0 Å². The molecular weight excluding hydrogens is 522 g/mol. The van der Waals surface area contributed by atoms with Crippen LogP contribution < -0.4 is 16.0 Å². The highest BCUT2D eigenvalue weighted by molar-refractivity contribution is 7.98. The van der Waals surface area contributed by atoms with Crippen molar-refractivity contribution in [2.45, 2.75) is 62.4 Å². The average Bonchev–Trinajstić information content (AvgIpc) is 3.52. The Balaban J connectivity index is 1.59. The number of anilines is 1. The lowest BCUT2D eigenvalue weighted by Gasteiger charge is -2.42. The van der Waals surface area contributed by atoms with Crippen molar-refractivity contribution in [1.29, 1.82) is 0 Å². The number of nitrogens with one attached hydrogen (secondary N) is 3. The Morgan fingerprint density at radius 3 is 2.83 bits per heavy atom. The van der Waals surface area contributed by atoms with Gasteiger partial charge in [-0.05, 0) is 62.1 Å². The molecule has 0 bridgehead atoms. The van der Waals surface area contributed by atoms with Gasteiger partial charge in [-0.15, -0.1) is 22.0 Å². The summed E-state index contributed by atoms with van der Waals surface area (Å²) in [6.07, 6.45) is 9.63. The minimum Gasteiger partial charge on any atom is -0.384 e. The Kier molecular flexibility index (Phi) is 7.58. The lowest BCUT2D eigenvalue weighted by molar-refractivity contribution is -0.0609. The van der Waals surface area contributed by atoms with Crippen molar-refractivity contribution in [3.8, 4) is 11.3 Å². The van der Waals surface area contributed by atoms with Gasteiger partial charge in [-0.25, -0.2) is 0 Å². The van der Waals surface area contributed by atoms with E-state index in [1.165, 1.54) is 18.4 Å². The molecule has 10 heteroatoms. The monoisotopic (exact) mass is 561 g/mol. The number of aryl methyl sites for hydroxylation is 1. The van der Waals surface area contributed by atoms with Crippen LogP contribution in [0.2, 0.25) is 0 Å². The predicted octanol–water partition coefficient (Wildman–Crippen LogP) is 3.72. The maximum Gasteiger partial charge on any atom is 0.252 e. The van der Waals surface area contributed by atoms with Gasteiger partial charge in [0, 0.05) is 54.8 Å². The number of ether oxygens (including phenoxy) is 1. The number of nitrogens with zero attached hydrogens (tertiary/aromatic N) is 4. The molecule has 5 heterocycles. The van der Waals surface area contributed by atoms with Crippen LogP contribution in [0.5, 0.6) is 0 Å². The number of benzene rings is 1. The molecule has 0 spiro atoms. The molecule has 3 aliphatic heterocycles. The van der Waals surface area contributed by atoms with Crippen LogP contribution in [0, 0.1) is 5.92 Å². The number of piperidine rings is 1. The minimum atomic E-state index is -0.295. The van der Waals surface area contributed by atoms with Crippen LogP contribution in [-0.4, -0.2) is 64.3 Å². The van der Waals surface area contributed by atoms with Crippen LogP contribution in [0.15, 0.2) is 29.6 Å². The van der Waals surface area contributed by atoms with E-state index in [2.05, 4.69) is 52.3 Å². The summed E-state index contributed by atoms with van der Waals surface area (Å²) in [5, 5.41) is 19.2. The third kappa shape index (κ3) is 4.59. The van der Waals surface area contributed by atoms with Crippen molar-refractivity contribution < 1.29 is 9.53 Å². The van der Waals surface area contributed by atoms with Gasteiger partial charge in [-0.3, -0.25) is 9.78 Å². The zero-order valence-electron chi connectivity index (χ0n) is 23.8. The molecule has 3 aromatic rings. The standard InChI is InChI=1S/C30H39N7O2S/c1-5-31-26-19(12-22-18(2)8-6-10-32-22)24(25-20(28(26)40-4)14-34-29(25)38)27-21(9-7-11-33-27)30(15-39-16-30)13-23-36-35-17-37(23)3/h7,9,11,17-18,22,31-32H,5-6,8,10,12-16H2,1-4H3,(H,34,38). The molecule has 40 heavy (non-hydrogen) atoms. The van der Waals surface area contributed by atoms with Gasteiger partial charge in [-0.2, -0.15) is 0 Å². The molecule has 2 unspecified atom stereocenters. The van der Waals surface area contributed by atoms with Crippen molar-refractivity contribution >= 4 is 23.4 Å². The van der Waals surface area contributed by atoms with Gasteiger partial charge >= 0.3 is 0 Å². The third-order valence-electron chi connectivity index (χ3n) is 8.89. The summed E-state index contributed by atoms with van der Waals surface area (Å²) >= 11 is 1.72. The van der Waals surface area contributed by atoms with Gasteiger partial charge in [0.15, 0.2) is 0 Å². The van der Waals surface area contributed by atoms with Gasteiger partial charge in [-0.1, -0.05) is 13.0 Å².